The molecule has 0 unspecified atom stereocenters. The average Bonchev–Trinajstić information content (AvgIpc) is 2.25. The predicted octanol–water partition coefficient (Wildman–Crippen LogP) is 0.754. The Bertz CT molecular complexity index is 533. The second-order valence-electron chi connectivity index (χ2n) is 3.19. The monoisotopic (exact) mass is 259 g/mol. The summed E-state index contributed by atoms with van der Waals surface area (Å²) in [5.74, 6) is -0.565. The summed E-state index contributed by atoms with van der Waals surface area (Å²) in [5, 5.41) is 10.4. The van der Waals surface area contributed by atoms with E-state index in [2.05, 4.69) is 4.18 Å². The molecule has 0 saturated carbocycles. The number of nitro groups is 1. The number of Topliss-reactive ketones (excluding diaryl/α,β-unsaturated/α-hetero) is 1. The molecular formula is C9H9NO6S. The topological polar surface area (TPSA) is 104 Å². The zero-order chi connectivity index (χ0) is 13.1. The fourth-order valence-electron chi connectivity index (χ4n) is 1.01. The van der Waals surface area contributed by atoms with Crippen LogP contribution in [0.25, 0.3) is 0 Å². The Morgan fingerprint density at radius 2 is 1.88 bits per heavy atom. The molecule has 0 aliphatic rings. The van der Waals surface area contributed by atoms with E-state index >= 15 is 0 Å². The quantitative estimate of drug-likeness (QED) is 0.334. The summed E-state index contributed by atoms with van der Waals surface area (Å²) in [6, 6.07) is 4.81. The second kappa shape index (κ2) is 5.02. The van der Waals surface area contributed by atoms with E-state index in [0.29, 0.717) is 0 Å². The Hall–Kier alpha value is -1.80. The van der Waals surface area contributed by atoms with Gasteiger partial charge in [0, 0.05) is 17.7 Å². The number of hydrogen-bond donors (Lipinski definition) is 0. The number of rotatable bonds is 5. The van der Waals surface area contributed by atoms with Crippen molar-refractivity contribution in [2.45, 2.75) is 0 Å². The lowest BCUT2D eigenvalue weighted by molar-refractivity contribution is -0.384. The van der Waals surface area contributed by atoms with Crippen LogP contribution in [0.5, 0.6) is 0 Å². The molecule has 1 rings (SSSR count). The third-order valence-electron chi connectivity index (χ3n) is 1.80. The van der Waals surface area contributed by atoms with Crippen LogP contribution in [-0.2, 0) is 14.3 Å². The highest BCUT2D eigenvalue weighted by molar-refractivity contribution is 7.86. The lowest BCUT2D eigenvalue weighted by Gasteiger charge is -2.00. The molecule has 0 saturated heterocycles. The fourth-order valence-corrected chi connectivity index (χ4v) is 1.33. The molecule has 0 heterocycles. The molecule has 1 aromatic rings. The van der Waals surface area contributed by atoms with E-state index in [1.165, 1.54) is 12.1 Å². The van der Waals surface area contributed by atoms with Crippen molar-refractivity contribution in [2.75, 3.05) is 12.9 Å². The Labute approximate surface area is 97.3 Å². The third-order valence-corrected chi connectivity index (χ3v) is 2.35. The summed E-state index contributed by atoms with van der Waals surface area (Å²) in [6.07, 6.45) is 0.829. The first-order valence-electron chi connectivity index (χ1n) is 4.41. The standard InChI is InChI=1S/C9H9NO6S/c1-17(14,15)16-6-9(11)7-2-4-8(5-3-7)10(12)13/h2-5H,6H2,1H3. The third kappa shape index (κ3) is 4.29. The van der Waals surface area contributed by atoms with Crippen LogP contribution in [0, 0.1) is 10.1 Å². The van der Waals surface area contributed by atoms with Gasteiger partial charge in [-0.15, -0.1) is 0 Å². The van der Waals surface area contributed by atoms with Gasteiger partial charge < -0.3 is 0 Å². The Balaban J connectivity index is 2.74. The van der Waals surface area contributed by atoms with Crippen molar-refractivity contribution in [3.63, 3.8) is 0 Å². The molecule has 17 heavy (non-hydrogen) atoms. The summed E-state index contributed by atoms with van der Waals surface area (Å²) >= 11 is 0. The Morgan fingerprint density at radius 3 is 2.29 bits per heavy atom. The molecule has 0 bridgehead atoms. The van der Waals surface area contributed by atoms with Gasteiger partial charge in [0.15, 0.2) is 5.78 Å². The highest BCUT2D eigenvalue weighted by Gasteiger charge is 2.12. The first-order chi connectivity index (χ1) is 7.79. The number of carbonyl (C=O) groups excluding carboxylic acids is 1. The van der Waals surface area contributed by atoms with Crippen molar-refractivity contribution in [1.82, 2.24) is 0 Å². The maximum absolute atomic E-state index is 11.4. The highest BCUT2D eigenvalue weighted by Crippen LogP contribution is 2.12. The average molecular weight is 259 g/mol. The van der Waals surface area contributed by atoms with E-state index in [9.17, 15) is 23.3 Å². The minimum Gasteiger partial charge on any atom is -0.291 e. The number of ketones is 1. The molecule has 92 valence electrons. The normalized spacial score (nSPS) is 11.1. The maximum atomic E-state index is 11.4. The van der Waals surface area contributed by atoms with Gasteiger partial charge in [0.2, 0.25) is 0 Å². The lowest BCUT2D eigenvalue weighted by atomic mass is 10.1. The fraction of sp³-hybridized carbons (Fsp3) is 0.222. The Morgan fingerprint density at radius 1 is 1.35 bits per heavy atom. The van der Waals surface area contributed by atoms with Crippen LogP contribution >= 0.6 is 0 Å². The van der Waals surface area contributed by atoms with Crippen LogP contribution < -0.4 is 0 Å². The van der Waals surface area contributed by atoms with Gasteiger partial charge in [-0.05, 0) is 12.1 Å². The zero-order valence-corrected chi connectivity index (χ0v) is 9.64. The minimum atomic E-state index is -3.68. The lowest BCUT2D eigenvalue weighted by Crippen LogP contribution is -2.13. The zero-order valence-electron chi connectivity index (χ0n) is 8.82. The van der Waals surface area contributed by atoms with Crippen molar-refractivity contribution >= 4 is 21.6 Å². The van der Waals surface area contributed by atoms with Gasteiger partial charge in [0.05, 0.1) is 11.2 Å². The molecule has 0 aliphatic heterocycles. The minimum absolute atomic E-state index is 0.148. The summed E-state index contributed by atoms with van der Waals surface area (Å²) in [7, 11) is -3.68. The van der Waals surface area contributed by atoms with Gasteiger partial charge in [0.1, 0.15) is 6.61 Å². The van der Waals surface area contributed by atoms with Crippen LogP contribution in [0.15, 0.2) is 24.3 Å². The summed E-state index contributed by atoms with van der Waals surface area (Å²) in [5.41, 5.74) is 0.00447. The number of nitrogens with zero attached hydrogens (tertiary/aromatic N) is 1. The van der Waals surface area contributed by atoms with Crippen molar-refractivity contribution in [3.05, 3.63) is 39.9 Å². The van der Waals surface area contributed by atoms with E-state index < -0.39 is 27.4 Å². The van der Waals surface area contributed by atoms with Crippen LogP contribution in [0.1, 0.15) is 10.4 Å². The Kier molecular flexibility index (Phi) is 3.92. The van der Waals surface area contributed by atoms with Crippen LogP contribution in [0.2, 0.25) is 0 Å². The SMILES string of the molecule is CS(=O)(=O)OCC(=O)c1ccc([N+](=O)[O-])cc1. The molecule has 0 aliphatic carbocycles. The van der Waals surface area contributed by atoms with Crippen molar-refractivity contribution in [2.24, 2.45) is 0 Å². The number of nitro benzene ring substituents is 1. The first kappa shape index (κ1) is 13.3. The highest BCUT2D eigenvalue weighted by atomic mass is 32.2. The van der Waals surface area contributed by atoms with Crippen molar-refractivity contribution in [1.29, 1.82) is 0 Å². The van der Waals surface area contributed by atoms with Crippen LogP contribution in [-0.4, -0.2) is 32.0 Å². The van der Waals surface area contributed by atoms with Gasteiger partial charge >= 0.3 is 0 Å². The number of non-ortho nitro benzene ring substituents is 1. The molecule has 8 heteroatoms. The maximum Gasteiger partial charge on any atom is 0.269 e. The summed E-state index contributed by atoms with van der Waals surface area (Å²) in [4.78, 5) is 21.2. The summed E-state index contributed by atoms with van der Waals surface area (Å²) in [6.45, 7) is -0.614. The second-order valence-corrected chi connectivity index (χ2v) is 4.84. The van der Waals surface area contributed by atoms with E-state index in [0.717, 1.165) is 18.4 Å². The number of carbonyl (C=O) groups is 1. The molecule has 1 aromatic carbocycles. The summed E-state index contributed by atoms with van der Waals surface area (Å²) < 4.78 is 25.6. The predicted molar refractivity (Wildman–Crippen MR) is 58.2 cm³/mol. The molecule has 7 nitrogen and oxygen atoms in total. The largest absolute Gasteiger partial charge is 0.291 e. The van der Waals surface area contributed by atoms with E-state index in [-0.39, 0.29) is 11.3 Å². The van der Waals surface area contributed by atoms with E-state index in [1.807, 2.05) is 0 Å². The van der Waals surface area contributed by atoms with Gasteiger partial charge in [-0.3, -0.25) is 19.1 Å². The van der Waals surface area contributed by atoms with E-state index in [4.69, 9.17) is 0 Å². The molecule has 0 N–H and O–H groups in total. The van der Waals surface area contributed by atoms with Gasteiger partial charge in [-0.25, -0.2) is 0 Å². The first-order valence-corrected chi connectivity index (χ1v) is 6.23. The number of hydrogen-bond acceptors (Lipinski definition) is 6. The molecular weight excluding hydrogens is 250 g/mol. The molecule has 0 fully saturated rings. The molecule has 0 amide bonds. The van der Waals surface area contributed by atoms with Gasteiger partial charge in [-0.1, -0.05) is 0 Å². The van der Waals surface area contributed by atoms with Gasteiger partial charge in [0.25, 0.3) is 15.8 Å². The van der Waals surface area contributed by atoms with Crippen LogP contribution in [0.4, 0.5) is 5.69 Å². The molecule has 0 radical (unpaired) electrons. The van der Waals surface area contributed by atoms with Crippen LogP contribution in [0.3, 0.4) is 0 Å². The number of benzene rings is 1. The molecule has 0 spiro atoms. The van der Waals surface area contributed by atoms with Gasteiger partial charge in [-0.2, -0.15) is 8.42 Å². The van der Waals surface area contributed by atoms with E-state index in [1.54, 1.807) is 0 Å². The van der Waals surface area contributed by atoms with Crippen molar-refractivity contribution < 1.29 is 22.3 Å². The molecule has 0 atom stereocenters. The molecule has 0 aromatic heterocycles. The smallest absolute Gasteiger partial charge is 0.269 e. The van der Waals surface area contributed by atoms with Crippen molar-refractivity contribution in [3.8, 4) is 0 Å².